The Morgan fingerprint density at radius 3 is 2.80 bits per heavy atom. The molecule has 20 heavy (non-hydrogen) atoms. The first kappa shape index (κ1) is 14.8. The topological polar surface area (TPSA) is 73.1 Å². The Labute approximate surface area is 127 Å². The van der Waals surface area contributed by atoms with Crippen LogP contribution < -0.4 is 16.0 Å². The number of nitrogen functional groups attached to an aromatic ring is 1. The summed E-state index contributed by atoms with van der Waals surface area (Å²) in [4.78, 5) is 8.54. The highest BCUT2D eigenvalue weighted by molar-refractivity contribution is 6.42. The zero-order valence-corrected chi connectivity index (χ0v) is 12.4. The number of aromatic nitrogens is 2. The number of nitrogens with zero attached hydrogens (tertiary/aromatic N) is 2. The lowest BCUT2D eigenvalue weighted by atomic mass is 10.3. The van der Waals surface area contributed by atoms with Gasteiger partial charge in [-0.3, -0.25) is 0 Å². The molecule has 0 amide bonds. The van der Waals surface area contributed by atoms with Crippen LogP contribution in [0.2, 0.25) is 10.0 Å². The number of benzene rings is 1. The molecule has 1 aromatic heterocycles. The summed E-state index contributed by atoms with van der Waals surface area (Å²) in [7, 11) is 0. The SMILES string of the molecule is CCCc1nc(NN)cc(Oc2cccc(Cl)c2Cl)n1. The van der Waals surface area contributed by atoms with Gasteiger partial charge in [0.05, 0.1) is 5.02 Å². The molecule has 3 N–H and O–H groups in total. The molecule has 0 aliphatic carbocycles. The van der Waals surface area contributed by atoms with E-state index in [-0.39, 0.29) is 0 Å². The van der Waals surface area contributed by atoms with E-state index in [0.717, 1.165) is 12.8 Å². The van der Waals surface area contributed by atoms with Gasteiger partial charge in [0.2, 0.25) is 5.88 Å². The second-order valence-electron chi connectivity index (χ2n) is 4.06. The third-order valence-corrected chi connectivity index (χ3v) is 3.30. The second kappa shape index (κ2) is 6.74. The quantitative estimate of drug-likeness (QED) is 0.648. The van der Waals surface area contributed by atoms with Crippen molar-refractivity contribution in [3.63, 3.8) is 0 Å². The highest BCUT2D eigenvalue weighted by Gasteiger charge is 2.10. The van der Waals surface area contributed by atoms with Crippen LogP contribution in [0.4, 0.5) is 5.82 Å². The number of ether oxygens (including phenoxy) is 1. The Kier molecular flexibility index (Phi) is 5.00. The fraction of sp³-hybridized carbons (Fsp3) is 0.231. The lowest BCUT2D eigenvalue weighted by Gasteiger charge is -2.10. The van der Waals surface area contributed by atoms with Gasteiger partial charge < -0.3 is 10.2 Å². The molecule has 0 unspecified atom stereocenters. The number of aryl methyl sites for hydroxylation is 1. The van der Waals surface area contributed by atoms with E-state index in [1.165, 1.54) is 0 Å². The molecule has 1 aromatic carbocycles. The number of hydrazine groups is 1. The van der Waals surface area contributed by atoms with Crippen LogP contribution in [0, 0.1) is 0 Å². The number of hydrogen-bond acceptors (Lipinski definition) is 5. The van der Waals surface area contributed by atoms with Crippen molar-refractivity contribution in [2.24, 2.45) is 5.84 Å². The van der Waals surface area contributed by atoms with Gasteiger partial charge in [0.25, 0.3) is 0 Å². The summed E-state index contributed by atoms with van der Waals surface area (Å²) in [5.74, 6) is 7.32. The van der Waals surface area contributed by atoms with E-state index in [9.17, 15) is 0 Å². The van der Waals surface area contributed by atoms with Gasteiger partial charge in [-0.05, 0) is 18.6 Å². The zero-order chi connectivity index (χ0) is 14.5. The molecular formula is C13H14Cl2N4O. The Morgan fingerprint density at radius 2 is 2.10 bits per heavy atom. The summed E-state index contributed by atoms with van der Waals surface area (Å²) in [6.45, 7) is 2.04. The minimum absolute atomic E-state index is 0.340. The first-order valence-electron chi connectivity index (χ1n) is 6.10. The fourth-order valence-electron chi connectivity index (χ4n) is 1.61. The van der Waals surface area contributed by atoms with Gasteiger partial charge in [-0.2, -0.15) is 4.98 Å². The predicted octanol–water partition coefficient (Wildman–Crippen LogP) is 3.81. The molecule has 0 radical (unpaired) electrons. The summed E-state index contributed by atoms with van der Waals surface area (Å²) in [5, 5.41) is 0.760. The maximum Gasteiger partial charge on any atom is 0.224 e. The Hall–Kier alpha value is -1.56. The highest BCUT2D eigenvalue weighted by atomic mass is 35.5. The van der Waals surface area contributed by atoms with E-state index < -0.39 is 0 Å². The minimum atomic E-state index is 0.340. The third-order valence-electron chi connectivity index (χ3n) is 2.50. The molecule has 0 aliphatic heterocycles. The van der Waals surface area contributed by atoms with Gasteiger partial charge >= 0.3 is 0 Å². The summed E-state index contributed by atoms with van der Waals surface area (Å²) in [6, 6.07) is 6.74. The summed E-state index contributed by atoms with van der Waals surface area (Å²) >= 11 is 12.0. The molecule has 1 heterocycles. The van der Waals surface area contributed by atoms with Crippen molar-refractivity contribution in [3.05, 3.63) is 40.1 Å². The fourth-order valence-corrected chi connectivity index (χ4v) is 1.94. The van der Waals surface area contributed by atoms with Crippen LogP contribution in [0.25, 0.3) is 0 Å². The first-order valence-corrected chi connectivity index (χ1v) is 6.86. The molecular weight excluding hydrogens is 299 g/mol. The first-order chi connectivity index (χ1) is 9.63. The minimum Gasteiger partial charge on any atom is -0.437 e. The zero-order valence-electron chi connectivity index (χ0n) is 10.9. The van der Waals surface area contributed by atoms with E-state index in [2.05, 4.69) is 15.4 Å². The van der Waals surface area contributed by atoms with Crippen molar-refractivity contribution < 1.29 is 4.74 Å². The van der Waals surface area contributed by atoms with E-state index >= 15 is 0 Å². The summed E-state index contributed by atoms with van der Waals surface area (Å²) in [5.41, 5.74) is 2.49. The molecule has 0 fully saturated rings. The van der Waals surface area contributed by atoms with Crippen molar-refractivity contribution in [1.29, 1.82) is 0 Å². The van der Waals surface area contributed by atoms with Gasteiger partial charge in [0, 0.05) is 12.5 Å². The Morgan fingerprint density at radius 1 is 1.30 bits per heavy atom. The van der Waals surface area contributed by atoms with Crippen LogP contribution in [0.5, 0.6) is 11.6 Å². The Balaban J connectivity index is 2.32. The van der Waals surface area contributed by atoms with E-state index in [4.69, 9.17) is 33.8 Å². The van der Waals surface area contributed by atoms with Crippen molar-refractivity contribution in [2.75, 3.05) is 5.43 Å². The molecule has 0 spiro atoms. The van der Waals surface area contributed by atoms with Crippen LogP contribution in [0.3, 0.4) is 0 Å². The van der Waals surface area contributed by atoms with Gasteiger partial charge in [-0.15, -0.1) is 0 Å². The maximum atomic E-state index is 6.08. The van der Waals surface area contributed by atoms with Crippen LogP contribution in [0.1, 0.15) is 19.2 Å². The smallest absolute Gasteiger partial charge is 0.224 e. The highest BCUT2D eigenvalue weighted by Crippen LogP contribution is 2.34. The van der Waals surface area contributed by atoms with Gasteiger partial charge in [0.15, 0.2) is 0 Å². The predicted molar refractivity (Wildman–Crippen MR) is 80.4 cm³/mol. The lowest BCUT2D eigenvalue weighted by Crippen LogP contribution is -2.10. The van der Waals surface area contributed by atoms with E-state index in [0.29, 0.717) is 33.3 Å². The number of hydrogen-bond donors (Lipinski definition) is 2. The molecule has 2 aromatic rings. The summed E-state index contributed by atoms with van der Waals surface area (Å²) in [6.07, 6.45) is 1.65. The normalized spacial score (nSPS) is 10.4. The standard InChI is InChI=1S/C13H14Cl2N4O/c1-2-4-10-17-11(19-16)7-12(18-10)20-9-6-3-5-8(14)13(9)15/h3,5-7H,2,4,16H2,1H3,(H,17,18,19). The molecule has 7 heteroatoms. The molecule has 0 aliphatic rings. The largest absolute Gasteiger partial charge is 0.437 e. The van der Waals surface area contributed by atoms with Crippen LogP contribution in [0.15, 0.2) is 24.3 Å². The van der Waals surface area contributed by atoms with Gasteiger partial charge in [-0.1, -0.05) is 36.2 Å². The van der Waals surface area contributed by atoms with Gasteiger partial charge in [0.1, 0.15) is 22.4 Å². The molecule has 5 nitrogen and oxygen atoms in total. The molecule has 0 bridgehead atoms. The number of nitrogens with one attached hydrogen (secondary N) is 1. The number of halogens is 2. The average molecular weight is 313 g/mol. The molecule has 2 rings (SSSR count). The summed E-state index contributed by atoms with van der Waals surface area (Å²) < 4.78 is 5.66. The van der Waals surface area contributed by atoms with Gasteiger partial charge in [-0.25, -0.2) is 10.8 Å². The number of rotatable bonds is 5. The van der Waals surface area contributed by atoms with E-state index in [1.807, 2.05) is 6.92 Å². The van der Waals surface area contributed by atoms with Crippen molar-refractivity contribution in [3.8, 4) is 11.6 Å². The van der Waals surface area contributed by atoms with Crippen molar-refractivity contribution in [2.45, 2.75) is 19.8 Å². The number of nitrogens with two attached hydrogens (primary N) is 1. The molecule has 0 saturated heterocycles. The Bertz CT molecular complexity index is 607. The third kappa shape index (κ3) is 3.50. The maximum absolute atomic E-state index is 6.08. The molecule has 0 saturated carbocycles. The average Bonchev–Trinajstić information content (AvgIpc) is 2.44. The van der Waals surface area contributed by atoms with E-state index in [1.54, 1.807) is 24.3 Å². The second-order valence-corrected chi connectivity index (χ2v) is 4.84. The van der Waals surface area contributed by atoms with Crippen LogP contribution in [-0.2, 0) is 6.42 Å². The van der Waals surface area contributed by atoms with Crippen LogP contribution >= 0.6 is 23.2 Å². The molecule has 106 valence electrons. The number of anilines is 1. The molecule has 0 atom stereocenters. The van der Waals surface area contributed by atoms with Crippen molar-refractivity contribution >= 4 is 29.0 Å². The monoisotopic (exact) mass is 312 g/mol. The van der Waals surface area contributed by atoms with Crippen LogP contribution in [-0.4, -0.2) is 9.97 Å². The lowest BCUT2D eigenvalue weighted by molar-refractivity contribution is 0.459. The van der Waals surface area contributed by atoms with Crippen molar-refractivity contribution in [1.82, 2.24) is 9.97 Å².